The largest absolute Gasteiger partial charge is 0.480 e. The van der Waals surface area contributed by atoms with Crippen LogP contribution in [0.3, 0.4) is 0 Å². The van der Waals surface area contributed by atoms with E-state index in [9.17, 15) is 14.4 Å². The Balaban J connectivity index is 2.78. The van der Waals surface area contributed by atoms with Crippen LogP contribution >= 0.6 is 0 Å². The molecule has 112 valence electrons. The highest BCUT2D eigenvalue weighted by Gasteiger charge is 2.19. The summed E-state index contributed by atoms with van der Waals surface area (Å²) in [4.78, 5) is 34.8. The maximum atomic E-state index is 12.4. The van der Waals surface area contributed by atoms with Gasteiger partial charge in [-0.05, 0) is 31.0 Å². The number of aryl methyl sites for hydroxylation is 2. The number of aliphatic carboxylic acids is 1. The number of aromatic nitrogens is 2. The Labute approximate surface area is 120 Å². The summed E-state index contributed by atoms with van der Waals surface area (Å²) in [5, 5.41) is 8.97. The number of methoxy groups -OCH3 is 1. The van der Waals surface area contributed by atoms with E-state index in [2.05, 4.69) is 4.74 Å². The Morgan fingerprint density at radius 3 is 2.43 bits per heavy atom. The van der Waals surface area contributed by atoms with Gasteiger partial charge in [0.2, 0.25) is 0 Å². The second-order valence-electron chi connectivity index (χ2n) is 4.87. The van der Waals surface area contributed by atoms with Crippen molar-refractivity contribution in [3.05, 3.63) is 33.7 Å². The standard InChI is InChI=1S/C14H16N2O5/c1-8-4-9(2)13-10(5-8)15(6-11(17)18)14(20)16(13)7-12(19)21-3/h4-5H,6-7H2,1-3H3,(H,17,18). The molecule has 0 saturated carbocycles. The molecule has 0 spiro atoms. The van der Waals surface area contributed by atoms with E-state index < -0.39 is 24.2 Å². The molecule has 1 aromatic heterocycles. The highest BCUT2D eigenvalue weighted by Crippen LogP contribution is 2.20. The Morgan fingerprint density at radius 1 is 1.19 bits per heavy atom. The van der Waals surface area contributed by atoms with Crippen LogP contribution in [0.15, 0.2) is 16.9 Å². The van der Waals surface area contributed by atoms with Gasteiger partial charge in [-0.1, -0.05) is 6.07 Å². The minimum Gasteiger partial charge on any atom is -0.480 e. The first-order valence-electron chi connectivity index (χ1n) is 6.34. The van der Waals surface area contributed by atoms with Crippen LogP contribution in [0.4, 0.5) is 0 Å². The molecule has 21 heavy (non-hydrogen) atoms. The average molecular weight is 292 g/mol. The SMILES string of the molecule is COC(=O)Cn1c(=O)n(CC(=O)O)c2cc(C)cc(C)c21. The van der Waals surface area contributed by atoms with Gasteiger partial charge < -0.3 is 9.84 Å². The maximum absolute atomic E-state index is 12.4. The second-order valence-corrected chi connectivity index (χ2v) is 4.87. The quantitative estimate of drug-likeness (QED) is 0.837. The summed E-state index contributed by atoms with van der Waals surface area (Å²) >= 11 is 0. The van der Waals surface area contributed by atoms with E-state index in [1.54, 1.807) is 6.07 Å². The zero-order valence-electron chi connectivity index (χ0n) is 12.0. The molecule has 1 N–H and O–H groups in total. The fourth-order valence-corrected chi connectivity index (χ4v) is 2.47. The maximum Gasteiger partial charge on any atom is 0.330 e. The minimum absolute atomic E-state index is 0.248. The molecule has 0 amide bonds. The number of benzene rings is 1. The molecule has 0 bridgehead atoms. The van der Waals surface area contributed by atoms with Crippen LogP contribution < -0.4 is 5.69 Å². The van der Waals surface area contributed by atoms with Crippen LogP contribution in [-0.4, -0.2) is 33.3 Å². The third kappa shape index (κ3) is 2.67. The molecule has 0 aliphatic heterocycles. The Hall–Kier alpha value is -2.57. The third-order valence-corrected chi connectivity index (χ3v) is 3.26. The topological polar surface area (TPSA) is 90.5 Å². The van der Waals surface area contributed by atoms with Gasteiger partial charge in [-0.3, -0.25) is 18.7 Å². The predicted molar refractivity (Wildman–Crippen MR) is 75.3 cm³/mol. The zero-order valence-corrected chi connectivity index (χ0v) is 12.0. The van der Waals surface area contributed by atoms with E-state index in [0.29, 0.717) is 11.0 Å². The highest BCUT2D eigenvalue weighted by atomic mass is 16.5. The molecule has 1 heterocycles. The molecular formula is C14H16N2O5. The number of carboxylic acids is 1. The molecule has 7 nitrogen and oxygen atoms in total. The number of hydrogen-bond donors (Lipinski definition) is 1. The summed E-state index contributed by atoms with van der Waals surface area (Å²) in [7, 11) is 1.24. The molecule has 1 aromatic carbocycles. The molecular weight excluding hydrogens is 276 g/mol. The van der Waals surface area contributed by atoms with Crippen LogP contribution in [0.2, 0.25) is 0 Å². The summed E-state index contributed by atoms with van der Waals surface area (Å²) in [6, 6.07) is 3.61. The third-order valence-electron chi connectivity index (χ3n) is 3.26. The van der Waals surface area contributed by atoms with Crippen LogP contribution in [0, 0.1) is 13.8 Å². The number of fused-ring (bicyclic) bond motifs is 1. The molecule has 0 fully saturated rings. The van der Waals surface area contributed by atoms with Gasteiger partial charge in [-0.25, -0.2) is 4.79 Å². The zero-order chi connectivity index (χ0) is 15.7. The highest BCUT2D eigenvalue weighted by molar-refractivity contribution is 5.83. The fourth-order valence-electron chi connectivity index (χ4n) is 2.47. The van der Waals surface area contributed by atoms with E-state index in [4.69, 9.17) is 5.11 Å². The Kier molecular flexibility index (Phi) is 3.84. The van der Waals surface area contributed by atoms with E-state index in [1.807, 2.05) is 19.9 Å². The number of esters is 1. The number of carbonyl (C=O) groups is 2. The average Bonchev–Trinajstić information content (AvgIpc) is 2.63. The number of carbonyl (C=O) groups excluding carboxylic acids is 1. The lowest BCUT2D eigenvalue weighted by atomic mass is 10.1. The van der Waals surface area contributed by atoms with Gasteiger partial charge in [0.1, 0.15) is 13.1 Å². The van der Waals surface area contributed by atoms with Crippen molar-refractivity contribution in [1.29, 1.82) is 0 Å². The van der Waals surface area contributed by atoms with Gasteiger partial charge in [0, 0.05) is 0 Å². The summed E-state index contributed by atoms with van der Waals surface area (Å²) in [6.07, 6.45) is 0. The van der Waals surface area contributed by atoms with Crippen molar-refractivity contribution in [3.8, 4) is 0 Å². The van der Waals surface area contributed by atoms with Crippen molar-refractivity contribution >= 4 is 23.0 Å². The van der Waals surface area contributed by atoms with Gasteiger partial charge in [0.15, 0.2) is 0 Å². The van der Waals surface area contributed by atoms with E-state index in [0.717, 1.165) is 15.7 Å². The molecule has 2 aromatic rings. The van der Waals surface area contributed by atoms with E-state index >= 15 is 0 Å². The number of nitrogens with zero attached hydrogens (tertiary/aromatic N) is 2. The predicted octanol–water partition coefficient (Wildman–Crippen LogP) is 0.677. The Morgan fingerprint density at radius 2 is 1.86 bits per heavy atom. The number of carboxylic acid groups (broad SMARTS) is 1. The normalized spacial score (nSPS) is 10.8. The number of ether oxygens (including phenoxy) is 1. The van der Waals surface area contributed by atoms with Gasteiger partial charge in [0.25, 0.3) is 0 Å². The molecule has 2 rings (SSSR count). The van der Waals surface area contributed by atoms with Gasteiger partial charge in [-0.15, -0.1) is 0 Å². The van der Waals surface area contributed by atoms with Crippen LogP contribution in [0.1, 0.15) is 11.1 Å². The van der Waals surface area contributed by atoms with Crippen molar-refractivity contribution in [1.82, 2.24) is 9.13 Å². The molecule has 0 saturated heterocycles. The summed E-state index contributed by atoms with van der Waals surface area (Å²) in [6.45, 7) is 2.97. The van der Waals surface area contributed by atoms with Gasteiger partial charge >= 0.3 is 17.6 Å². The van der Waals surface area contributed by atoms with Crippen LogP contribution in [0.25, 0.3) is 11.0 Å². The lowest BCUT2D eigenvalue weighted by molar-refractivity contribution is -0.141. The molecule has 7 heteroatoms. The number of rotatable bonds is 4. The van der Waals surface area contributed by atoms with Crippen LogP contribution in [-0.2, 0) is 27.4 Å². The molecule has 0 aliphatic rings. The lowest BCUT2D eigenvalue weighted by Gasteiger charge is -2.05. The van der Waals surface area contributed by atoms with Crippen molar-refractivity contribution in [3.63, 3.8) is 0 Å². The summed E-state index contributed by atoms with van der Waals surface area (Å²) in [5.41, 5.74) is 2.23. The first-order valence-corrected chi connectivity index (χ1v) is 6.34. The molecule has 0 atom stereocenters. The molecule has 0 radical (unpaired) electrons. The molecule has 0 aliphatic carbocycles. The first kappa shape index (κ1) is 14.8. The summed E-state index contributed by atoms with van der Waals surface area (Å²) in [5.74, 6) is -1.68. The van der Waals surface area contributed by atoms with Crippen molar-refractivity contribution < 1.29 is 19.4 Å². The molecule has 0 unspecified atom stereocenters. The number of hydrogen-bond acceptors (Lipinski definition) is 4. The lowest BCUT2D eigenvalue weighted by Crippen LogP contribution is -2.29. The van der Waals surface area contributed by atoms with E-state index in [1.165, 1.54) is 11.7 Å². The summed E-state index contributed by atoms with van der Waals surface area (Å²) < 4.78 is 6.99. The first-order chi connectivity index (χ1) is 9.85. The van der Waals surface area contributed by atoms with Gasteiger partial charge in [0.05, 0.1) is 18.1 Å². The van der Waals surface area contributed by atoms with Crippen molar-refractivity contribution in [2.45, 2.75) is 26.9 Å². The smallest absolute Gasteiger partial charge is 0.330 e. The number of imidazole rings is 1. The van der Waals surface area contributed by atoms with Crippen molar-refractivity contribution in [2.24, 2.45) is 0 Å². The second kappa shape index (κ2) is 5.43. The monoisotopic (exact) mass is 292 g/mol. The van der Waals surface area contributed by atoms with Crippen LogP contribution in [0.5, 0.6) is 0 Å². The fraction of sp³-hybridized carbons (Fsp3) is 0.357. The minimum atomic E-state index is -1.12. The van der Waals surface area contributed by atoms with Crippen molar-refractivity contribution in [2.75, 3.05) is 7.11 Å². The Bertz CT molecular complexity index is 785. The van der Waals surface area contributed by atoms with Gasteiger partial charge in [-0.2, -0.15) is 0 Å². The van der Waals surface area contributed by atoms with E-state index in [-0.39, 0.29) is 6.54 Å².